The number of carbonyl (C=O) groups excluding carboxylic acids is 2. The van der Waals surface area contributed by atoms with Crippen LogP contribution in [0.5, 0.6) is 11.5 Å². The molecule has 0 spiro atoms. The van der Waals surface area contributed by atoms with Gasteiger partial charge in [-0.05, 0) is 66.5 Å². The number of rotatable bonds is 14. The van der Waals surface area contributed by atoms with E-state index >= 15 is 0 Å². The Labute approximate surface area is 359 Å². The summed E-state index contributed by atoms with van der Waals surface area (Å²) in [4.78, 5) is 35.2. The smallest absolute Gasteiger partial charge is 0.872 e. The largest absolute Gasteiger partial charge is 2.00 e. The van der Waals surface area contributed by atoms with Crippen molar-refractivity contribution in [2.45, 2.75) is 90.6 Å². The number of amides is 2. The van der Waals surface area contributed by atoms with Gasteiger partial charge in [-0.3, -0.25) is 29.4 Å². The molecule has 16 nitrogen and oxygen atoms in total. The fraction of sp³-hybridized carbons (Fsp3) is 0.688. The molecule has 348 valence electrons. The Morgan fingerprint density at radius 3 is 0.914 bits per heavy atom. The van der Waals surface area contributed by atoms with Gasteiger partial charge in [-0.25, -0.2) is 16.8 Å². The molecule has 0 heterocycles. The van der Waals surface area contributed by atoms with E-state index < -0.39 is 31.3 Å². The molecule has 2 radical (unpaired) electrons. The van der Waals surface area contributed by atoms with Gasteiger partial charge in [0.25, 0.3) is 0 Å². The van der Waals surface area contributed by atoms with E-state index in [9.17, 15) is 46.1 Å². The van der Waals surface area contributed by atoms with Gasteiger partial charge in [0.1, 0.15) is 0 Å². The Morgan fingerprint density at radius 2 is 0.776 bits per heavy atom. The van der Waals surface area contributed by atoms with Crippen LogP contribution in [-0.2, 0) is 64.0 Å². The predicted molar refractivity (Wildman–Crippen MR) is 195 cm³/mol. The minimum absolute atomic E-state index is 0. The zero-order valence-corrected chi connectivity index (χ0v) is 37.6. The minimum atomic E-state index is -6.09. The van der Waals surface area contributed by atoms with Gasteiger partial charge in [0.2, 0.25) is 12.8 Å². The molecule has 0 bridgehead atoms. The number of nitrogens with zero attached hydrogens (tertiary/aromatic N) is 6. The van der Waals surface area contributed by atoms with Crippen LogP contribution >= 0.6 is 0 Å². The monoisotopic (exact) mass is 986 g/mol. The number of benzene rings is 1. The summed E-state index contributed by atoms with van der Waals surface area (Å²) in [6.07, 6.45) is 4.54. The third kappa shape index (κ3) is 34.3. The number of halogens is 6. The van der Waals surface area contributed by atoms with Crippen molar-refractivity contribution in [1.29, 1.82) is 0 Å². The van der Waals surface area contributed by atoms with Gasteiger partial charge in [0, 0.05) is 77.9 Å². The summed E-state index contributed by atoms with van der Waals surface area (Å²) in [5.74, 6) is -0.397. The van der Waals surface area contributed by atoms with Crippen molar-refractivity contribution in [3.63, 3.8) is 0 Å². The number of carbonyl (C=O) groups is 2. The predicted octanol–water partition coefficient (Wildman–Crippen LogP) is 2.42. The van der Waals surface area contributed by atoms with Gasteiger partial charge in [-0.2, -0.15) is 26.3 Å². The Hall–Kier alpha value is -2.54. The number of hydrogen-bond donors (Lipinski definition) is 0. The Morgan fingerprint density at radius 1 is 0.586 bits per heavy atom. The molecule has 0 aliphatic heterocycles. The van der Waals surface area contributed by atoms with Crippen molar-refractivity contribution in [3.05, 3.63) is 23.3 Å². The Bertz CT molecular complexity index is 1420. The molecule has 0 aliphatic rings. The fourth-order valence-electron chi connectivity index (χ4n) is 3.69. The van der Waals surface area contributed by atoms with Gasteiger partial charge in [0.15, 0.2) is 20.2 Å². The van der Waals surface area contributed by atoms with Crippen LogP contribution in [-0.4, -0.2) is 160 Å². The molecule has 0 saturated heterocycles. The molecule has 0 atom stereocenters. The summed E-state index contributed by atoms with van der Waals surface area (Å²) < 4.78 is 118. The summed E-state index contributed by atoms with van der Waals surface area (Å²) >= 11 is 0. The summed E-state index contributed by atoms with van der Waals surface area (Å²) in [7, 11) is -5.43. The summed E-state index contributed by atoms with van der Waals surface area (Å²) in [6.45, 7) is 20.1. The van der Waals surface area contributed by atoms with Crippen LogP contribution in [0.15, 0.2) is 22.1 Å². The second-order valence-corrected chi connectivity index (χ2v) is 15.5. The molecule has 0 unspecified atom stereocenters. The first-order valence-corrected chi connectivity index (χ1v) is 19.2. The second-order valence-electron chi connectivity index (χ2n) is 12.8. The van der Waals surface area contributed by atoms with Crippen molar-refractivity contribution in [3.8, 4) is 11.5 Å². The topological polar surface area (TPSA) is 232 Å². The second kappa shape index (κ2) is 32.3. The summed E-state index contributed by atoms with van der Waals surface area (Å²) in [5.41, 5.74) is -10.6. The fourth-order valence-corrected chi connectivity index (χ4v) is 3.69. The van der Waals surface area contributed by atoms with E-state index in [4.69, 9.17) is 25.9 Å². The van der Waals surface area contributed by atoms with Crippen LogP contribution in [0.3, 0.4) is 0 Å². The quantitative estimate of drug-likeness (QED) is 0.0654. The molecular weight excluding hydrogens is 934 g/mol. The van der Waals surface area contributed by atoms with E-state index in [-0.39, 0.29) is 45.6 Å². The maximum absolute atomic E-state index is 12.3. The van der Waals surface area contributed by atoms with E-state index in [0.717, 1.165) is 25.9 Å². The van der Waals surface area contributed by atoms with Crippen LogP contribution in [0.2, 0.25) is 0 Å². The molecule has 1 aromatic carbocycles. The normalized spacial score (nSPS) is 11.8. The van der Waals surface area contributed by atoms with Crippen LogP contribution < -0.4 is 10.2 Å². The summed E-state index contributed by atoms with van der Waals surface area (Å²) in [6, 6.07) is 4.49. The van der Waals surface area contributed by atoms with Crippen LogP contribution in [0, 0.1) is 0 Å². The van der Waals surface area contributed by atoms with Crippen LogP contribution in [0.4, 0.5) is 26.3 Å². The molecule has 1 aromatic rings. The molecule has 26 heteroatoms. The van der Waals surface area contributed by atoms with Gasteiger partial charge >= 0.3 is 45.2 Å². The maximum atomic E-state index is 12.3. The average molecular weight is 988 g/mol. The molecule has 0 N–H and O–H groups in total. The molecule has 58 heavy (non-hydrogen) atoms. The number of hydrogen-bond acceptors (Lipinski definition) is 14. The Kier molecular flexibility index (Phi) is 37.4. The number of aliphatic imine (C=N–C) groups is 2. The van der Waals surface area contributed by atoms with Gasteiger partial charge in [-0.15, -0.1) is 0 Å². The van der Waals surface area contributed by atoms with Crippen LogP contribution in [0.1, 0.15) is 66.5 Å². The van der Waals surface area contributed by atoms with Gasteiger partial charge in [-0.1, -0.05) is 23.6 Å². The molecule has 0 aliphatic carbocycles. The van der Waals surface area contributed by atoms with Crippen LogP contribution in [0.25, 0.3) is 0 Å². The van der Waals surface area contributed by atoms with Crippen molar-refractivity contribution in [2.75, 3.05) is 54.4 Å². The van der Waals surface area contributed by atoms with E-state index in [1.165, 1.54) is 34.4 Å². The molecule has 2 amide bonds. The zero-order chi connectivity index (χ0) is 45.4. The van der Waals surface area contributed by atoms with Gasteiger partial charge < -0.3 is 29.1 Å². The Balaban J connectivity index is -0.000000195. The zero-order valence-electron chi connectivity index (χ0n) is 34.1. The van der Waals surface area contributed by atoms with E-state index in [2.05, 4.69) is 75.2 Å². The molecule has 0 aromatic heterocycles. The van der Waals surface area contributed by atoms with Crippen molar-refractivity contribution in [2.24, 2.45) is 9.98 Å². The first-order chi connectivity index (χ1) is 25.1. The van der Waals surface area contributed by atoms with E-state index in [1.807, 2.05) is 0 Å². The minimum Gasteiger partial charge on any atom is -0.872 e. The molecular formula is C32H54Cu2F6N6O10S2. The van der Waals surface area contributed by atoms with Gasteiger partial charge in [0.05, 0.1) is 13.1 Å². The summed E-state index contributed by atoms with van der Waals surface area (Å²) in [5, 5.41) is 24.7. The van der Waals surface area contributed by atoms with Crippen molar-refractivity contribution >= 4 is 45.5 Å². The van der Waals surface area contributed by atoms with Crippen molar-refractivity contribution < 1.29 is 106 Å². The first kappa shape index (κ1) is 67.2. The first-order valence-electron chi connectivity index (χ1n) is 16.4. The van der Waals surface area contributed by atoms with E-state index in [1.54, 1.807) is 28.2 Å². The third-order valence-corrected chi connectivity index (χ3v) is 7.35. The molecule has 0 fully saturated rings. The standard InChI is InChI=1S/C24H42N4O2.2C3H7NO.2CHF3O3S.2Cu/c1-17(2)27(18(3)4)11-9-25-15-21-13-24(30)22(14-23(21)29)16-26-10-12-28(19(5)6)20(7)8;2*1-4(2)3-5;2*2-1(3,4)8(5,6)7;;/h13-20,29-30H,9-12H2,1-8H3;2*3H,1-2H3;2*(H,5,6,7);;/q;;;;;2*+2/p-4. The average Bonchev–Trinajstić information content (AvgIpc) is 3.01. The SMILES string of the molecule is CC(C)N(CCN=Cc1cc([O-])c(C=NCCN(C(C)C)C(C)C)cc1[O-])C(C)C.CN(C)C=O.CN(C)C=O.O=S(=O)([O-])C(F)(F)F.O=S(=O)([O-])C(F)(F)F.[Cu+2].[Cu+2]. The van der Waals surface area contributed by atoms with Crippen molar-refractivity contribution in [1.82, 2.24) is 19.6 Å². The number of alkyl halides is 6. The van der Waals surface area contributed by atoms with E-state index in [0.29, 0.717) is 48.4 Å². The molecule has 0 saturated carbocycles. The molecule has 1 rings (SSSR count). The maximum Gasteiger partial charge on any atom is 2.00 e. The third-order valence-electron chi connectivity index (χ3n) is 6.22.